The Morgan fingerprint density at radius 3 is 2.50 bits per heavy atom. The van der Waals surface area contributed by atoms with Crippen LogP contribution in [-0.2, 0) is 9.05 Å². The third kappa shape index (κ3) is 2.28. The van der Waals surface area contributed by atoms with Gasteiger partial charge in [0.05, 0.1) is 4.90 Å². The maximum atomic E-state index is 11.8. The Morgan fingerprint density at radius 1 is 1.38 bits per heavy atom. The first kappa shape index (κ1) is 11.6. The van der Waals surface area contributed by atoms with Crippen molar-refractivity contribution in [3.05, 3.63) is 29.3 Å². The highest BCUT2D eigenvalue weighted by Gasteiger charge is 2.31. The zero-order chi connectivity index (χ0) is 11.9. The molecular formula is C11H11ClO3S. The lowest BCUT2D eigenvalue weighted by Crippen LogP contribution is -2.04. The Morgan fingerprint density at radius 2 is 2.00 bits per heavy atom. The van der Waals surface area contributed by atoms with Crippen LogP contribution in [0.25, 0.3) is 0 Å². The third-order valence-corrected chi connectivity index (χ3v) is 4.15. The lowest BCUT2D eigenvalue weighted by molar-refractivity contribution is 0.0967. The summed E-state index contributed by atoms with van der Waals surface area (Å²) in [5.41, 5.74) is 0.995. The standard InChI is InChI=1S/C11H11ClO3S/c1-7-2-3-9(11(13)8-4-5-8)6-10(7)16(12,14)15/h2-3,6,8H,4-5H2,1H3. The molecule has 0 amide bonds. The van der Waals surface area contributed by atoms with Gasteiger partial charge in [0.25, 0.3) is 9.05 Å². The molecule has 1 fully saturated rings. The number of Topliss-reactive ketones (excluding diaryl/α,β-unsaturated/α-hetero) is 1. The maximum Gasteiger partial charge on any atom is 0.261 e. The summed E-state index contributed by atoms with van der Waals surface area (Å²) < 4.78 is 22.5. The molecule has 0 atom stereocenters. The summed E-state index contributed by atoms with van der Waals surface area (Å²) in [6.07, 6.45) is 1.80. The highest BCUT2D eigenvalue weighted by atomic mass is 35.7. The fourth-order valence-electron chi connectivity index (χ4n) is 1.60. The maximum absolute atomic E-state index is 11.8. The van der Waals surface area contributed by atoms with Gasteiger partial charge in [-0.2, -0.15) is 0 Å². The average Bonchev–Trinajstić information content (AvgIpc) is 2.98. The molecule has 0 aliphatic heterocycles. The third-order valence-electron chi connectivity index (χ3n) is 2.68. The Hall–Kier alpha value is -0.870. The number of rotatable bonds is 3. The van der Waals surface area contributed by atoms with Crippen molar-refractivity contribution in [2.45, 2.75) is 24.7 Å². The van der Waals surface area contributed by atoms with Crippen molar-refractivity contribution < 1.29 is 13.2 Å². The van der Waals surface area contributed by atoms with E-state index in [1.807, 2.05) is 0 Å². The molecule has 0 N–H and O–H groups in total. The molecule has 1 aliphatic carbocycles. The van der Waals surface area contributed by atoms with E-state index in [0.29, 0.717) is 11.1 Å². The first-order valence-corrected chi connectivity index (χ1v) is 7.30. The van der Waals surface area contributed by atoms with Crippen LogP contribution in [0.15, 0.2) is 23.1 Å². The van der Waals surface area contributed by atoms with Crippen molar-refractivity contribution >= 4 is 25.5 Å². The number of halogens is 1. The monoisotopic (exact) mass is 258 g/mol. The van der Waals surface area contributed by atoms with Crippen LogP contribution in [0.2, 0.25) is 0 Å². The molecule has 0 aromatic heterocycles. The molecule has 5 heteroatoms. The van der Waals surface area contributed by atoms with Crippen LogP contribution in [0.3, 0.4) is 0 Å². The molecule has 0 spiro atoms. The van der Waals surface area contributed by atoms with Crippen LogP contribution >= 0.6 is 10.7 Å². The number of carbonyl (C=O) groups excluding carboxylic acids is 1. The van der Waals surface area contributed by atoms with Crippen molar-refractivity contribution in [1.82, 2.24) is 0 Å². The van der Waals surface area contributed by atoms with Crippen LogP contribution < -0.4 is 0 Å². The highest BCUT2D eigenvalue weighted by molar-refractivity contribution is 8.13. The molecule has 86 valence electrons. The minimum absolute atomic E-state index is 0.0153. The minimum atomic E-state index is -3.77. The molecule has 1 saturated carbocycles. The topological polar surface area (TPSA) is 51.2 Å². The Bertz CT molecular complexity index is 544. The summed E-state index contributed by atoms with van der Waals surface area (Å²) in [4.78, 5) is 11.8. The van der Waals surface area contributed by atoms with E-state index >= 15 is 0 Å². The summed E-state index contributed by atoms with van der Waals surface area (Å²) in [5, 5.41) is 0. The number of aryl methyl sites for hydroxylation is 1. The number of benzene rings is 1. The van der Waals surface area contributed by atoms with Gasteiger partial charge < -0.3 is 0 Å². The van der Waals surface area contributed by atoms with E-state index < -0.39 is 9.05 Å². The number of carbonyl (C=O) groups is 1. The Balaban J connectivity index is 2.47. The molecule has 16 heavy (non-hydrogen) atoms. The predicted molar refractivity (Wildman–Crippen MR) is 61.3 cm³/mol. The normalized spacial score (nSPS) is 16.1. The average molecular weight is 259 g/mol. The van der Waals surface area contributed by atoms with Crippen molar-refractivity contribution in [3.63, 3.8) is 0 Å². The molecule has 1 aromatic rings. The van der Waals surface area contributed by atoms with E-state index in [1.54, 1.807) is 19.1 Å². The second-order valence-corrected chi connectivity index (χ2v) is 6.59. The van der Waals surface area contributed by atoms with Gasteiger partial charge in [0, 0.05) is 22.2 Å². The van der Waals surface area contributed by atoms with Gasteiger partial charge in [-0.05, 0) is 31.4 Å². The molecule has 0 heterocycles. The SMILES string of the molecule is Cc1ccc(C(=O)C2CC2)cc1S(=O)(=O)Cl. The van der Waals surface area contributed by atoms with Crippen molar-refractivity contribution in [3.8, 4) is 0 Å². The number of hydrogen-bond acceptors (Lipinski definition) is 3. The largest absolute Gasteiger partial charge is 0.294 e. The van der Waals surface area contributed by atoms with Gasteiger partial charge in [-0.25, -0.2) is 8.42 Å². The molecule has 0 saturated heterocycles. The smallest absolute Gasteiger partial charge is 0.261 e. The van der Waals surface area contributed by atoms with Gasteiger partial charge in [-0.3, -0.25) is 4.79 Å². The lowest BCUT2D eigenvalue weighted by Gasteiger charge is -2.04. The second-order valence-electron chi connectivity index (χ2n) is 4.06. The van der Waals surface area contributed by atoms with Gasteiger partial charge >= 0.3 is 0 Å². The lowest BCUT2D eigenvalue weighted by atomic mass is 10.1. The van der Waals surface area contributed by atoms with Gasteiger partial charge in [0.1, 0.15) is 0 Å². The van der Waals surface area contributed by atoms with Crippen LogP contribution in [0.5, 0.6) is 0 Å². The fraction of sp³-hybridized carbons (Fsp3) is 0.364. The van der Waals surface area contributed by atoms with Crippen LogP contribution in [0.4, 0.5) is 0 Å². The van der Waals surface area contributed by atoms with Crippen molar-refractivity contribution in [1.29, 1.82) is 0 Å². The van der Waals surface area contributed by atoms with E-state index in [4.69, 9.17) is 10.7 Å². The minimum Gasteiger partial charge on any atom is -0.294 e. The summed E-state index contributed by atoms with van der Waals surface area (Å²) in [6.45, 7) is 1.65. The van der Waals surface area contributed by atoms with Gasteiger partial charge in [-0.15, -0.1) is 0 Å². The molecule has 2 rings (SSSR count). The number of hydrogen-bond donors (Lipinski definition) is 0. The van der Waals surface area contributed by atoms with E-state index in [-0.39, 0.29) is 16.6 Å². The summed E-state index contributed by atoms with van der Waals surface area (Å²) in [7, 11) is 1.52. The van der Waals surface area contributed by atoms with Gasteiger partial charge in [0.2, 0.25) is 0 Å². The molecule has 3 nitrogen and oxygen atoms in total. The highest BCUT2D eigenvalue weighted by Crippen LogP contribution is 2.33. The molecular weight excluding hydrogens is 248 g/mol. The quantitative estimate of drug-likeness (QED) is 0.618. The first-order valence-electron chi connectivity index (χ1n) is 4.99. The summed E-state index contributed by atoms with van der Waals surface area (Å²) >= 11 is 0. The van der Waals surface area contributed by atoms with Crippen LogP contribution in [-0.4, -0.2) is 14.2 Å². The van der Waals surface area contributed by atoms with E-state index in [9.17, 15) is 13.2 Å². The second kappa shape index (κ2) is 3.86. The zero-order valence-corrected chi connectivity index (χ0v) is 10.3. The van der Waals surface area contributed by atoms with Crippen LogP contribution in [0.1, 0.15) is 28.8 Å². The molecule has 0 radical (unpaired) electrons. The molecule has 0 unspecified atom stereocenters. The van der Waals surface area contributed by atoms with Gasteiger partial charge in [-0.1, -0.05) is 12.1 Å². The van der Waals surface area contributed by atoms with Crippen molar-refractivity contribution in [2.24, 2.45) is 5.92 Å². The Kier molecular flexibility index (Phi) is 2.80. The van der Waals surface area contributed by atoms with E-state index in [1.165, 1.54) is 6.07 Å². The first-order chi connectivity index (χ1) is 7.39. The summed E-state index contributed by atoms with van der Waals surface area (Å²) in [6, 6.07) is 4.64. The van der Waals surface area contributed by atoms with Crippen LogP contribution in [0, 0.1) is 12.8 Å². The molecule has 1 aliphatic rings. The van der Waals surface area contributed by atoms with Crippen molar-refractivity contribution in [2.75, 3.05) is 0 Å². The number of ketones is 1. The molecule has 0 bridgehead atoms. The fourth-order valence-corrected chi connectivity index (χ4v) is 2.82. The molecule has 1 aromatic carbocycles. The van der Waals surface area contributed by atoms with Gasteiger partial charge in [0.15, 0.2) is 5.78 Å². The Labute approximate surface area is 98.8 Å². The van der Waals surface area contributed by atoms with E-state index in [2.05, 4.69) is 0 Å². The van der Waals surface area contributed by atoms with E-state index in [0.717, 1.165) is 12.8 Å². The predicted octanol–water partition coefficient (Wildman–Crippen LogP) is 2.52. The summed E-state index contributed by atoms with van der Waals surface area (Å²) in [5.74, 6) is 0.0927. The zero-order valence-electron chi connectivity index (χ0n) is 8.73.